The van der Waals surface area contributed by atoms with Gasteiger partial charge in [-0.3, -0.25) is 9.36 Å². The van der Waals surface area contributed by atoms with E-state index in [4.69, 9.17) is 9.72 Å². The summed E-state index contributed by atoms with van der Waals surface area (Å²) >= 11 is 0. The van der Waals surface area contributed by atoms with E-state index in [0.717, 1.165) is 33.9 Å². The van der Waals surface area contributed by atoms with Gasteiger partial charge in [0.15, 0.2) is 5.65 Å². The third-order valence-corrected chi connectivity index (χ3v) is 4.80. The van der Waals surface area contributed by atoms with Gasteiger partial charge in [-0.1, -0.05) is 6.07 Å². The highest BCUT2D eigenvalue weighted by Gasteiger charge is 2.14. The first-order valence-electron chi connectivity index (χ1n) is 9.26. The van der Waals surface area contributed by atoms with Gasteiger partial charge in [0.25, 0.3) is 0 Å². The summed E-state index contributed by atoms with van der Waals surface area (Å²) in [7, 11) is 5.33. The van der Waals surface area contributed by atoms with Crippen molar-refractivity contribution >= 4 is 22.7 Å². The summed E-state index contributed by atoms with van der Waals surface area (Å²) in [5.41, 5.74) is 3.16. The maximum atomic E-state index is 5.22. The Morgan fingerprint density at radius 1 is 1.07 bits per heavy atom. The van der Waals surface area contributed by atoms with Crippen molar-refractivity contribution in [2.75, 3.05) is 12.4 Å². The van der Waals surface area contributed by atoms with Crippen LogP contribution in [0.25, 0.3) is 28.1 Å². The molecule has 0 saturated carbocycles. The number of aromatic nitrogens is 8. The highest BCUT2D eigenvalue weighted by molar-refractivity contribution is 5.87. The monoisotopic (exact) mass is 403 g/mol. The molecule has 0 aromatic carbocycles. The molecule has 0 amide bonds. The minimum absolute atomic E-state index is 0. The average molecular weight is 403 g/mol. The second-order valence-corrected chi connectivity index (χ2v) is 6.73. The number of ether oxygens (including phenoxy) is 1. The van der Waals surface area contributed by atoms with Gasteiger partial charge in [0.2, 0.25) is 5.88 Å². The van der Waals surface area contributed by atoms with Crippen LogP contribution < -0.4 is 10.1 Å². The summed E-state index contributed by atoms with van der Waals surface area (Å²) in [5, 5.41) is 13.2. The molecule has 0 saturated heterocycles. The molecule has 5 heterocycles. The Morgan fingerprint density at radius 3 is 2.77 bits per heavy atom. The SMILES string of the molecule is COc1cccc(-c2cc(Nc3cc(-n4ccnc4)c4cnn(C)c4n3)n(C)n2)n1.[HH]. The fourth-order valence-corrected chi connectivity index (χ4v) is 3.29. The van der Waals surface area contributed by atoms with Crippen molar-refractivity contribution < 1.29 is 6.16 Å². The summed E-state index contributed by atoms with van der Waals surface area (Å²) < 4.78 is 10.6. The number of pyridine rings is 2. The van der Waals surface area contributed by atoms with Crippen LogP contribution in [0.1, 0.15) is 1.43 Å². The molecule has 0 fully saturated rings. The van der Waals surface area contributed by atoms with Crippen LogP contribution in [0.4, 0.5) is 11.6 Å². The van der Waals surface area contributed by atoms with E-state index in [1.807, 2.05) is 49.1 Å². The summed E-state index contributed by atoms with van der Waals surface area (Å²) in [6.45, 7) is 0. The number of imidazole rings is 1. The Balaban J connectivity index is 0.00000231. The third kappa shape index (κ3) is 3.04. The van der Waals surface area contributed by atoms with Crippen LogP contribution in [0.5, 0.6) is 5.88 Å². The van der Waals surface area contributed by atoms with Crippen molar-refractivity contribution in [3.8, 4) is 23.0 Å². The number of rotatable bonds is 5. The van der Waals surface area contributed by atoms with Crippen molar-refractivity contribution in [2.45, 2.75) is 0 Å². The molecule has 10 heteroatoms. The predicted octanol–water partition coefficient (Wildman–Crippen LogP) is 2.95. The molecule has 5 rings (SSSR count). The van der Waals surface area contributed by atoms with E-state index >= 15 is 0 Å². The average Bonchev–Trinajstić information content (AvgIpc) is 3.50. The number of nitrogens with zero attached hydrogens (tertiary/aromatic N) is 8. The van der Waals surface area contributed by atoms with Crippen molar-refractivity contribution in [3.05, 3.63) is 55.2 Å². The molecule has 5 aromatic rings. The molecular weight excluding hydrogens is 382 g/mol. The minimum atomic E-state index is 0. The quantitative estimate of drug-likeness (QED) is 0.481. The molecule has 10 nitrogen and oxygen atoms in total. The highest BCUT2D eigenvalue weighted by atomic mass is 16.5. The second-order valence-electron chi connectivity index (χ2n) is 6.73. The van der Waals surface area contributed by atoms with Gasteiger partial charge < -0.3 is 14.6 Å². The van der Waals surface area contributed by atoms with E-state index in [1.165, 1.54) is 0 Å². The summed E-state index contributed by atoms with van der Waals surface area (Å²) in [6, 6.07) is 9.47. The van der Waals surface area contributed by atoms with Crippen LogP contribution in [0, 0.1) is 0 Å². The van der Waals surface area contributed by atoms with E-state index in [2.05, 4.69) is 25.5 Å². The Labute approximate surface area is 173 Å². The normalized spacial score (nSPS) is 11.2. The van der Waals surface area contributed by atoms with E-state index < -0.39 is 0 Å². The molecule has 5 aromatic heterocycles. The summed E-state index contributed by atoms with van der Waals surface area (Å²) in [6.07, 6.45) is 7.19. The number of fused-ring (bicyclic) bond motifs is 1. The first-order valence-corrected chi connectivity index (χ1v) is 9.26. The molecule has 0 spiro atoms. The highest BCUT2D eigenvalue weighted by Crippen LogP contribution is 2.27. The molecule has 0 radical (unpaired) electrons. The van der Waals surface area contributed by atoms with Gasteiger partial charge in [-0.2, -0.15) is 10.2 Å². The topological polar surface area (TPSA) is 100 Å². The number of hydrogen-bond acceptors (Lipinski definition) is 7. The molecule has 0 aliphatic rings. The largest absolute Gasteiger partial charge is 0.481 e. The van der Waals surface area contributed by atoms with Crippen LogP contribution in [0.15, 0.2) is 55.2 Å². The first kappa shape index (κ1) is 17.9. The molecule has 1 N–H and O–H groups in total. The van der Waals surface area contributed by atoms with E-state index in [0.29, 0.717) is 11.7 Å². The number of hydrogen-bond donors (Lipinski definition) is 1. The first-order chi connectivity index (χ1) is 14.6. The van der Waals surface area contributed by atoms with Crippen LogP contribution in [-0.4, -0.2) is 46.2 Å². The molecular formula is C20H21N9O. The summed E-state index contributed by atoms with van der Waals surface area (Å²) in [4.78, 5) is 13.3. The molecule has 0 aliphatic carbocycles. The van der Waals surface area contributed by atoms with Gasteiger partial charge in [-0.05, 0) is 6.07 Å². The number of nitrogens with one attached hydrogen (secondary N) is 1. The summed E-state index contributed by atoms with van der Waals surface area (Å²) in [5.74, 6) is 1.99. The second kappa shape index (κ2) is 6.99. The van der Waals surface area contributed by atoms with Gasteiger partial charge in [0, 0.05) is 46.1 Å². The van der Waals surface area contributed by atoms with Gasteiger partial charge in [-0.25, -0.2) is 15.0 Å². The van der Waals surface area contributed by atoms with E-state index in [9.17, 15) is 0 Å². The van der Waals surface area contributed by atoms with Crippen LogP contribution in [0.2, 0.25) is 0 Å². The number of anilines is 2. The van der Waals surface area contributed by atoms with Crippen molar-refractivity contribution in [1.82, 2.24) is 39.1 Å². The molecule has 0 bridgehead atoms. The Kier molecular flexibility index (Phi) is 4.16. The Bertz CT molecular complexity index is 1340. The lowest BCUT2D eigenvalue weighted by Crippen LogP contribution is -2.03. The molecule has 0 unspecified atom stereocenters. The van der Waals surface area contributed by atoms with Crippen molar-refractivity contribution in [2.24, 2.45) is 14.1 Å². The molecule has 0 atom stereocenters. The zero-order chi connectivity index (χ0) is 20.7. The predicted molar refractivity (Wildman–Crippen MR) is 114 cm³/mol. The van der Waals surface area contributed by atoms with E-state index in [-0.39, 0.29) is 1.43 Å². The molecule has 30 heavy (non-hydrogen) atoms. The van der Waals surface area contributed by atoms with Gasteiger partial charge in [-0.15, -0.1) is 0 Å². The number of aryl methyl sites for hydroxylation is 2. The minimum Gasteiger partial charge on any atom is -0.481 e. The Morgan fingerprint density at radius 2 is 1.97 bits per heavy atom. The molecule has 152 valence electrons. The smallest absolute Gasteiger partial charge is 0.213 e. The van der Waals surface area contributed by atoms with Crippen molar-refractivity contribution in [3.63, 3.8) is 0 Å². The Hall–Kier alpha value is -4.21. The zero-order valence-corrected chi connectivity index (χ0v) is 16.7. The maximum Gasteiger partial charge on any atom is 0.213 e. The van der Waals surface area contributed by atoms with Crippen LogP contribution in [0.3, 0.4) is 0 Å². The fourth-order valence-electron chi connectivity index (χ4n) is 3.29. The van der Waals surface area contributed by atoms with Crippen LogP contribution in [-0.2, 0) is 14.1 Å². The van der Waals surface area contributed by atoms with Gasteiger partial charge in [0.1, 0.15) is 17.3 Å². The maximum absolute atomic E-state index is 5.22. The van der Waals surface area contributed by atoms with Gasteiger partial charge >= 0.3 is 0 Å². The lowest BCUT2D eigenvalue weighted by atomic mass is 10.2. The van der Waals surface area contributed by atoms with E-state index in [1.54, 1.807) is 41.3 Å². The lowest BCUT2D eigenvalue weighted by Gasteiger charge is -2.10. The fraction of sp³-hybridized carbons (Fsp3) is 0.150. The zero-order valence-electron chi connectivity index (χ0n) is 16.7. The molecule has 0 aliphatic heterocycles. The van der Waals surface area contributed by atoms with Gasteiger partial charge in [0.05, 0.1) is 36.4 Å². The lowest BCUT2D eigenvalue weighted by molar-refractivity contribution is 0.398. The number of methoxy groups -OCH3 is 1. The van der Waals surface area contributed by atoms with Crippen LogP contribution >= 0.6 is 0 Å². The standard InChI is InChI=1S/C20H19N9O.H2/c1-27-18(9-15(26-27)14-5-4-6-19(23-14)30-3)24-17-10-16(29-8-7-21-12-29)13-11-22-28(2)20(13)25-17;/h4-12H,1-3H3,(H,24,25);1H. The van der Waals surface area contributed by atoms with Crippen molar-refractivity contribution in [1.29, 1.82) is 0 Å². The third-order valence-electron chi connectivity index (χ3n) is 4.80.